The predicted molar refractivity (Wildman–Crippen MR) is 53.8 cm³/mol. The van der Waals surface area contributed by atoms with Gasteiger partial charge in [-0.3, -0.25) is 4.90 Å². The highest BCUT2D eigenvalue weighted by molar-refractivity contribution is 4.77. The second kappa shape index (κ2) is 5.58. The van der Waals surface area contributed by atoms with Crippen molar-refractivity contribution in [2.75, 3.05) is 6.54 Å². The molecule has 71 valence electrons. The van der Waals surface area contributed by atoms with Crippen LogP contribution in [0.5, 0.6) is 0 Å². The Labute approximate surface area is 77.1 Å². The van der Waals surface area contributed by atoms with Crippen molar-refractivity contribution in [3.63, 3.8) is 0 Å². The first kappa shape index (κ1) is 10.0. The molecule has 0 aromatic rings. The Kier molecular flexibility index (Phi) is 4.67. The van der Waals surface area contributed by atoms with E-state index in [-0.39, 0.29) is 0 Å². The molecule has 1 aliphatic heterocycles. The topological polar surface area (TPSA) is 3.24 Å². The van der Waals surface area contributed by atoms with Crippen LogP contribution in [0.1, 0.15) is 51.9 Å². The van der Waals surface area contributed by atoms with Crippen LogP contribution >= 0.6 is 0 Å². The molecule has 0 amide bonds. The molecule has 1 fully saturated rings. The molecular formula is C11H22N. The van der Waals surface area contributed by atoms with Crippen LogP contribution in [0.25, 0.3) is 0 Å². The van der Waals surface area contributed by atoms with Gasteiger partial charge >= 0.3 is 0 Å². The van der Waals surface area contributed by atoms with Crippen molar-refractivity contribution in [1.82, 2.24) is 4.90 Å². The average Bonchev–Trinajstić information content (AvgIpc) is 2.46. The van der Waals surface area contributed by atoms with Crippen molar-refractivity contribution in [2.45, 2.75) is 57.9 Å². The predicted octanol–water partition coefficient (Wildman–Crippen LogP) is 3.21. The molecule has 0 saturated carbocycles. The Hall–Kier alpha value is -0.0400. The number of likely N-dealkylation sites (tertiary alicyclic amines) is 1. The van der Waals surface area contributed by atoms with E-state index in [4.69, 9.17) is 0 Å². The summed E-state index contributed by atoms with van der Waals surface area (Å²) in [5.41, 5.74) is 0. The van der Waals surface area contributed by atoms with E-state index >= 15 is 0 Å². The third-order valence-corrected chi connectivity index (χ3v) is 2.89. The van der Waals surface area contributed by atoms with Crippen molar-refractivity contribution in [3.8, 4) is 0 Å². The summed E-state index contributed by atoms with van der Waals surface area (Å²) < 4.78 is 0. The summed E-state index contributed by atoms with van der Waals surface area (Å²) in [6, 6.07) is 0.807. The van der Waals surface area contributed by atoms with Gasteiger partial charge in [0.05, 0.1) is 0 Å². The molecule has 1 unspecified atom stereocenters. The van der Waals surface area contributed by atoms with Gasteiger partial charge in [-0.05, 0) is 25.8 Å². The zero-order valence-corrected chi connectivity index (χ0v) is 8.39. The molecule has 0 N–H and O–H groups in total. The van der Waals surface area contributed by atoms with E-state index in [1.165, 1.54) is 51.5 Å². The number of rotatable bonds is 5. The molecule has 1 radical (unpaired) electrons. The average molecular weight is 168 g/mol. The number of nitrogens with zero attached hydrogens (tertiary/aromatic N) is 1. The Morgan fingerprint density at radius 2 is 2.17 bits per heavy atom. The van der Waals surface area contributed by atoms with Crippen LogP contribution in [0.4, 0.5) is 0 Å². The van der Waals surface area contributed by atoms with Crippen molar-refractivity contribution < 1.29 is 0 Å². The largest absolute Gasteiger partial charge is 0.299 e. The first-order valence-electron chi connectivity index (χ1n) is 5.41. The van der Waals surface area contributed by atoms with Gasteiger partial charge in [-0.1, -0.05) is 32.6 Å². The molecule has 0 aromatic carbocycles. The fourth-order valence-electron chi connectivity index (χ4n) is 2.03. The van der Waals surface area contributed by atoms with Crippen molar-refractivity contribution in [3.05, 3.63) is 7.05 Å². The smallest absolute Gasteiger partial charge is 0.0112 e. The number of hydrogen-bond acceptors (Lipinski definition) is 1. The lowest BCUT2D eigenvalue weighted by Crippen LogP contribution is -2.22. The van der Waals surface area contributed by atoms with E-state index < -0.39 is 0 Å². The summed E-state index contributed by atoms with van der Waals surface area (Å²) in [4.78, 5) is 2.28. The van der Waals surface area contributed by atoms with Gasteiger partial charge in [0.2, 0.25) is 0 Å². The second-order valence-corrected chi connectivity index (χ2v) is 3.96. The van der Waals surface area contributed by atoms with E-state index in [0.29, 0.717) is 0 Å². The number of hydrogen-bond donors (Lipinski definition) is 0. The van der Waals surface area contributed by atoms with Gasteiger partial charge in [0.1, 0.15) is 0 Å². The van der Waals surface area contributed by atoms with Gasteiger partial charge < -0.3 is 0 Å². The molecule has 1 nitrogen and oxygen atoms in total. The quantitative estimate of drug-likeness (QED) is 0.570. The lowest BCUT2D eigenvalue weighted by molar-refractivity contribution is 0.319. The maximum absolute atomic E-state index is 4.05. The van der Waals surface area contributed by atoms with Gasteiger partial charge in [-0.25, -0.2) is 0 Å². The van der Waals surface area contributed by atoms with Gasteiger partial charge in [0, 0.05) is 13.1 Å². The van der Waals surface area contributed by atoms with Crippen molar-refractivity contribution in [1.29, 1.82) is 0 Å². The Balaban J connectivity index is 1.98. The third-order valence-electron chi connectivity index (χ3n) is 2.89. The van der Waals surface area contributed by atoms with Crippen molar-refractivity contribution in [2.24, 2.45) is 0 Å². The summed E-state index contributed by atoms with van der Waals surface area (Å²) >= 11 is 0. The lowest BCUT2D eigenvalue weighted by Gasteiger charge is -2.18. The van der Waals surface area contributed by atoms with Gasteiger partial charge in [-0.15, -0.1) is 0 Å². The molecule has 1 heteroatoms. The molecule has 0 bridgehead atoms. The summed E-state index contributed by atoms with van der Waals surface area (Å²) in [5.74, 6) is 0. The first-order chi connectivity index (χ1) is 5.84. The van der Waals surface area contributed by atoms with Crippen LogP contribution in [0.3, 0.4) is 0 Å². The normalized spacial score (nSPS) is 25.0. The van der Waals surface area contributed by atoms with E-state index in [0.717, 1.165) is 6.04 Å². The van der Waals surface area contributed by atoms with Crippen LogP contribution in [-0.4, -0.2) is 17.5 Å². The molecule has 1 atom stereocenters. The maximum atomic E-state index is 4.05. The molecule has 1 saturated heterocycles. The molecule has 0 aromatic heterocycles. The maximum Gasteiger partial charge on any atom is 0.0112 e. The van der Waals surface area contributed by atoms with Crippen LogP contribution in [0.15, 0.2) is 0 Å². The molecular weight excluding hydrogens is 146 g/mol. The first-order valence-corrected chi connectivity index (χ1v) is 5.41. The highest BCUT2D eigenvalue weighted by Gasteiger charge is 2.19. The highest BCUT2D eigenvalue weighted by atomic mass is 15.1. The Morgan fingerprint density at radius 3 is 2.75 bits per heavy atom. The van der Waals surface area contributed by atoms with E-state index in [9.17, 15) is 0 Å². The molecule has 1 aliphatic rings. The monoisotopic (exact) mass is 168 g/mol. The standard InChI is InChI=1S/C11H22N/c1-3-4-5-6-8-11-9-7-10-12(11)2/h11H,2-10H2,1H3. The minimum Gasteiger partial charge on any atom is -0.299 e. The molecule has 1 rings (SSSR count). The fourth-order valence-corrected chi connectivity index (χ4v) is 2.03. The molecule has 1 heterocycles. The van der Waals surface area contributed by atoms with E-state index in [2.05, 4.69) is 18.9 Å². The van der Waals surface area contributed by atoms with Crippen LogP contribution in [0, 0.1) is 7.05 Å². The van der Waals surface area contributed by atoms with Crippen LogP contribution < -0.4 is 0 Å². The minimum absolute atomic E-state index is 0.807. The highest BCUT2D eigenvalue weighted by Crippen LogP contribution is 2.20. The molecule has 0 spiro atoms. The van der Waals surface area contributed by atoms with Gasteiger partial charge in [-0.2, -0.15) is 0 Å². The SMILES string of the molecule is [CH2]N1CCCC1CCCCCC. The zero-order valence-electron chi connectivity index (χ0n) is 8.39. The van der Waals surface area contributed by atoms with Crippen molar-refractivity contribution >= 4 is 0 Å². The number of unbranched alkanes of at least 4 members (excludes halogenated alkanes) is 3. The fraction of sp³-hybridized carbons (Fsp3) is 0.909. The Bertz CT molecular complexity index is 112. The minimum atomic E-state index is 0.807. The Morgan fingerprint density at radius 1 is 1.33 bits per heavy atom. The summed E-state index contributed by atoms with van der Waals surface area (Å²) in [6.45, 7) is 3.49. The summed E-state index contributed by atoms with van der Waals surface area (Å²) in [5, 5.41) is 0. The lowest BCUT2D eigenvalue weighted by atomic mass is 10.1. The summed E-state index contributed by atoms with van der Waals surface area (Å²) in [7, 11) is 4.05. The van der Waals surface area contributed by atoms with Crippen LogP contribution in [-0.2, 0) is 0 Å². The van der Waals surface area contributed by atoms with E-state index in [1.807, 2.05) is 0 Å². The third kappa shape index (κ3) is 3.14. The second-order valence-electron chi connectivity index (χ2n) is 3.96. The zero-order chi connectivity index (χ0) is 8.81. The molecule has 12 heavy (non-hydrogen) atoms. The summed E-state index contributed by atoms with van der Waals surface area (Å²) in [6.07, 6.45) is 9.70. The van der Waals surface area contributed by atoms with Crippen LogP contribution in [0.2, 0.25) is 0 Å². The molecule has 0 aliphatic carbocycles. The van der Waals surface area contributed by atoms with E-state index in [1.54, 1.807) is 0 Å². The van der Waals surface area contributed by atoms with Gasteiger partial charge in [0.15, 0.2) is 0 Å². The van der Waals surface area contributed by atoms with Gasteiger partial charge in [0.25, 0.3) is 0 Å².